The smallest absolute Gasteiger partial charge is 0.128 e. The van der Waals surface area contributed by atoms with Gasteiger partial charge in [0, 0.05) is 25.3 Å². The molecule has 1 fully saturated rings. The van der Waals surface area contributed by atoms with E-state index in [0.717, 1.165) is 31.5 Å². The lowest BCUT2D eigenvalue weighted by atomic mass is 9.98. The van der Waals surface area contributed by atoms with Gasteiger partial charge in [0.05, 0.1) is 0 Å². The first-order chi connectivity index (χ1) is 7.81. The number of aliphatic hydroxyl groups excluding tert-OH is 1. The molecule has 1 heterocycles. The van der Waals surface area contributed by atoms with Crippen molar-refractivity contribution in [3.8, 4) is 0 Å². The van der Waals surface area contributed by atoms with E-state index in [4.69, 9.17) is 10.5 Å². The molecule has 1 aromatic carbocycles. The van der Waals surface area contributed by atoms with Gasteiger partial charge in [-0.15, -0.1) is 0 Å². The Kier molecular flexibility index (Phi) is 3.57. The number of rotatable bonds is 2. The fraction of sp³-hybridized carbons (Fsp3) is 0.462. The van der Waals surface area contributed by atoms with Crippen LogP contribution in [0.25, 0.3) is 0 Å². The van der Waals surface area contributed by atoms with Gasteiger partial charge < -0.3 is 10.0 Å². The van der Waals surface area contributed by atoms with Gasteiger partial charge in [-0.2, -0.15) is 0 Å². The number of piperidine rings is 1. The Hall–Kier alpha value is -1.35. The van der Waals surface area contributed by atoms with Crippen molar-refractivity contribution < 1.29 is 5.11 Å². The van der Waals surface area contributed by atoms with Crippen LogP contribution in [0.15, 0.2) is 30.3 Å². The summed E-state index contributed by atoms with van der Waals surface area (Å²) in [6, 6.07) is 9.80. The van der Waals surface area contributed by atoms with Gasteiger partial charge in [0.25, 0.3) is 0 Å². The second-order valence-corrected chi connectivity index (χ2v) is 4.35. The summed E-state index contributed by atoms with van der Waals surface area (Å²) in [5.41, 5.74) is 0.959. The highest BCUT2D eigenvalue weighted by Crippen LogP contribution is 2.17. The van der Waals surface area contributed by atoms with Crippen molar-refractivity contribution in [2.75, 3.05) is 19.7 Å². The summed E-state index contributed by atoms with van der Waals surface area (Å²) in [4.78, 5) is 2.07. The molecule has 0 saturated carbocycles. The highest BCUT2D eigenvalue weighted by Gasteiger charge is 2.21. The van der Waals surface area contributed by atoms with Gasteiger partial charge in [0.15, 0.2) is 0 Å². The first-order valence-electron chi connectivity index (χ1n) is 5.81. The normalized spacial score (nSPS) is 20.8. The van der Waals surface area contributed by atoms with Crippen molar-refractivity contribution in [1.82, 2.24) is 4.90 Å². The predicted octanol–water partition coefficient (Wildman–Crippen LogP) is 1.72. The number of benzene rings is 1. The van der Waals surface area contributed by atoms with E-state index in [1.165, 1.54) is 0 Å². The number of nitrogens with zero attached hydrogens (tertiary/aromatic N) is 1. The van der Waals surface area contributed by atoms with Crippen molar-refractivity contribution in [1.29, 1.82) is 5.41 Å². The number of hydrogen-bond acceptors (Lipinski definition) is 2. The molecule has 1 atom stereocenters. The van der Waals surface area contributed by atoms with Crippen LogP contribution in [0.4, 0.5) is 0 Å². The minimum Gasteiger partial charge on any atom is -0.396 e. The Labute approximate surface area is 96.2 Å². The molecule has 0 radical (unpaired) electrons. The number of amidine groups is 1. The Morgan fingerprint density at radius 2 is 2.12 bits per heavy atom. The Bertz CT molecular complexity index is 350. The Balaban J connectivity index is 2.05. The second-order valence-electron chi connectivity index (χ2n) is 4.35. The topological polar surface area (TPSA) is 47.3 Å². The molecule has 0 bridgehead atoms. The first-order valence-corrected chi connectivity index (χ1v) is 5.81. The summed E-state index contributed by atoms with van der Waals surface area (Å²) < 4.78 is 0. The van der Waals surface area contributed by atoms with Crippen LogP contribution in [-0.2, 0) is 0 Å². The summed E-state index contributed by atoms with van der Waals surface area (Å²) in [7, 11) is 0. The predicted molar refractivity (Wildman–Crippen MR) is 64.7 cm³/mol. The minimum atomic E-state index is 0.235. The molecule has 16 heavy (non-hydrogen) atoms. The number of likely N-dealkylation sites (tertiary alicyclic amines) is 1. The maximum Gasteiger partial charge on any atom is 0.128 e. The van der Waals surface area contributed by atoms with Gasteiger partial charge in [0.2, 0.25) is 0 Å². The van der Waals surface area contributed by atoms with Crippen molar-refractivity contribution in [3.05, 3.63) is 35.9 Å². The third-order valence-corrected chi connectivity index (χ3v) is 3.14. The average molecular weight is 218 g/mol. The van der Waals surface area contributed by atoms with Crippen molar-refractivity contribution in [2.24, 2.45) is 5.92 Å². The van der Waals surface area contributed by atoms with Gasteiger partial charge in [-0.3, -0.25) is 5.41 Å². The Morgan fingerprint density at radius 1 is 1.38 bits per heavy atom. The van der Waals surface area contributed by atoms with Gasteiger partial charge >= 0.3 is 0 Å². The molecule has 0 aromatic heterocycles. The Morgan fingerprint density at radius 3 is 2.81 bits per heavy atom. The summed E-state index contributed by atoms with van der Waals surface area (Å²) >= 11 is 0. The third kappa shape index (κ3) is 2.42. The van der Waals surface area contributed by atoms with E-state index in [2.05, 4.69) is 4.90 Å². The van der Waals surface area contributed by atoms with E-state index in [1.807, 2.05) is 30.3 Å². The average Bonchev–Trinajstić information content (AvgIpc) is 2.39. The van der Waals surface area contributed by atoms with Crippen LogP contribution in [0.5, 0.6) is 0 Å². The third-order valence-electron chi connectivity index (χ3n) is 3.14. The number of aliphatic hydroxyl groups is 1. The molecule has 0 spiro atoms. The molecule has 0 aliphatic carbocycles. The van der Waals surface area contributed by atoms with Crippen LogP contribution < -0.4 is 0 Å². The molecular weight excluding hydrogens is 200 g/mol. The molecule has 1 unspecified atom stereocenters. The highest BCUT2D eigenvalue weighted by molar-refractivity contribution is 5.96. The lowest BCUT2D eigenvalue weighted by molar-refractivity contribution is 0.160. The van der Waals surface area contributed by atoms with Gasteiger partial charge in [-0.25, -0.2) is 0 Å². The fourth-order valence-corrected chi connectivity index (χ4v) is 2.20. The van der Waals surface area contributed by atoms with Crippen LogP contribution >= 0.6 is 0 Å². The van der Waals surface area contributed by atoms with Gasteiger partial charge in [-0.1, -0.05) is 30.3 Å². The minimum absolute atomic E-state index is 0.235. The molecule has 86 valence electrons. The van der Waals surface area contributed by atoms with E-state index in [1.54, 1.807) is 0 Å². The molecule has 2 N–H and O–H groups in total. The van der Waals surface area contributed by atoms with E-state index >= 15 is 0 Å². The molecule has 1 saturated heterocycles. The van der Waals surface area contributed by atoms with Crippen molar-refractivity contribution in [2.45, 2.75) is 12.8 Å². The largest absolute Gasteiger partial charge is 0.396 e. The lowest BCUT2D eigenvalue weighted by Gasteiger charge is -2.33. The number of nitrogens with one attached hydrogen (secondary N) is 1. The summed E-state index contributed by atoms with van der Waals surface area (Å²) in [6.45, 7) is 1.98. The first kappa shape index (κ1) is 11.1. The highest BCUT2D eigenvalue weighted by atomic mass is 16.3. The van der Waals surface area contributed by atoms with E-state index in [0.29, 0.717) is 11.8 Å². The summed E-state index contributed by atoms with van der Waals surface area (Å²) in [5.74, 6) is 0.913. The number of hydrogen-bond donors (Lipinski definition) is 2. The molecule has 3 nitrogen and oxygen atoms in total. The molecule has 1 aliphatic heterocycles. The van der Waals surface area contributed by atoms with Crippen molar-refractivity contribution >= 4 is 5.84 Å². The van der Waals surface area contributed by atoms with Crippen LogP contribution in [-0.4, -0.2) is 35.5 Å². The zero-order valence-electron chi connectivity index (χ0n) is 9.39. The zero-order chi connectivity index (χ0) is 11.4. The van der Waals surface area contributed by atoms with Gasteiger partial charge in [0.1, 0.15) is 5.84 Å². The fourth-order valence-electron chi connectivity index (χ4n) is 2.20. The van der Waals surface area contributed by atoms with E-state index < -0.39 is 0 Å². The second kappa shape index (κ2) is 5.12. The summed E-state index contributed by atoms with van der Waals surface area (Å²) in [6.07, 6.45) is 2.15. The van der Waals surface area contributed by atoms with E-state index in [9.17, 15) is 0 Å². The monoisotopic (exact) mass is 218 g/mol. The van der Waals surface area contributed by atoms with Crippen LogP contribution in [0.3, 0.4) is 0 Å². The van der Waals surface area contributed by atoms with Crippen LogP contribution in [0, 0.1) is 11.3 Å². The SMILES string of the molecule is N=C(c1ccccc1)N1CCCC(CO)C1. The van der Waals surface area contributed by atoms with Crippen LogP contribution in [0.1, 0.15) is 18.4 Å². The summed E-state index contributed by atoms with van der Waals surface area (Å²) in [5, 5.41) is 17.3. The maximum absolute atomic E-state index is 9.16. The van der Waals surface area contributed by atoms with Gasteiger partial charge in [-0.05, 0) is 18.8 Å². The maximum atomic E-state index is 9.16. The lowest BCUT2D eigenvalue weighted by Crippen LogP contribution is -2.40. The molecular formula is C13H18N2O. The molecule has 1 aliphatic rings. The van der Waals surface area contributed by atoms with Crippen molar-refractivity contribution in [3.63, 3.8) is 0 Å². The quantitative estimate of drug-likeness (QED) is 0.586. The zero-order valence-corrected chi connectivity index (χ0v) is 9.39. The molecule has 2 rings (SSSR count). The molecule has 1 aromatic rings. The molecule has 3 heteroatoms. The van der Waals surface area contributed by atoms with Crippen LogP contribution in [0.2, 0.25) is 0 Å². The molecule has 0 amide bonds. The van der Waals surface area contributed by atoms with E-state index in [-0.39, 0.29) is 6.61 Å². The standard InChI is InChI=1S/C13H18N2O/c14-13(12-6-2-1-3-7-12)15-8-4-5-11(9-15)10-16/h1-3,6-7,11,14,16H,4-5,8-10H2.